The molecule has 2 aromatic carbocycles. The van der Waals surface area contributed by atoms with Gasteiger partial charge >= 0.3 is 0 Å². The zero-order valence-electron chi connectivity index (χ0n) is 14.2. The summed E-state index contributed by atoms with van der Waals surface area (Å²) in [5.74, 6) is -0.0628. The number of benzene rings is 2. The average Bonchev–Trinajstić information content (AvgIpc) is 2.55. The third kappa shape index (κ3) is 3.23. The number of nitrogens with one attached hydrogen (secondary N) is 1. The molecule has 0 bridgehead atoms. The molecule has 120 valence electrons. The molecule has 0 saturated heterocycles. The van der Waals surface area contributed by atoms with Crippen molar-refractivity contribution in [2.75, 3.05) is 0 Å². The standard InChI is InChI=1S/C21H20N2O/c1-14-4-7-17-12-21(2,3)23-19(18(17)10-14)11-20(24)16-8-5-15(13-22)6-9-16/h4-11,23H,12H2,1-3H3/b19-11-. The molecule has 0 amide bonds. The van der Waals surface area contributed by atoms with E-state index in [0.29, 0.717) is 11.1 Å². The second-order valence-electron chi connectivity index (χ2n) is 6.96. The van der Waals surface area contributed by atoms with Gasteiger partial charge in [-0.2, -0.15) is 5.26 Å². The topological polar surface area (TPSA) is 52.9 Å². The van der Waals surface area contributed by atoms with Crippen LogP contribution in [0, 0.1) is 18.3 Å². The number of hydrogen-bond donors (Lipinski definition) is 1. The Labute approximate surface area is 142 Å². The summed E-state index contributed by atoms with van der Waals surface area (Å²) in [5.41, 5.74) is 5.42. The molecule has 3 rings (SSSR count). The van der Waals surface area contributed by atoms with Crippen molar-refractivity contribution in [2.24, 2.45) is 0 Å². The minimum Gasteiger partial charge on any atom is -0.379 e. The maximum atomic E-state index is 12.6. The first kappa shape index (κ1) is 16.0. The van der Waals surface area contributed by atoms with Crippen molar-refractivity contribution in [2.45, 2.75) is 32.7 Å². The fraction of sp³-hybridized carbons (Fsp3) is 0.238. The Hall–Kier alpha value is -2.86. The minimum absolute atomic E-state index is 0.0628. The van der Waals surface area contributed by atoms with Gasteiger partial charge in [0, 0.05) is 28.4 Å². The molecular weight excluding hydrogens is 296 g/mol. The normalized spacial score (nSPS) is 16.8. The molecular formula is C21H20N2O. The number of nitrogens with zero attached hydrogens (tertiary/aromatic N) is 1. The fourth-order valence-electron chi connectivity index (χ4n) is 3.08. The van der Waals surface area contributed by atoms with Crippen molar-refractivity contribution in [3.8, 4) is 6.07 Å². The lowest BCUT2D eigenvalue weighted by Gasteiger charge is -2.35. The van der Waals surface area contributed by atoms with E-state index in [-0.39, 0.29) is 11.3 Å². The molecule has 0 atom stereocenters. The lowest BCUT2D eigenvalue weighted by atomic mass is 9.85. The van der Waals surface area contributed by atoms with Gasteiger partial charge in [-0.3, -0.25) is 4.79 Å². The van der Waals surface area contributed by atoms with Gasteiger partial charge in [-0.1, -0.05) is 17.7 Å². The second kappa shape index (κ2) is 5.98. The minimum atomic E-state index is -0.0982. The Bertz CT molecular complexity index is 868. The number of rotatable bonds is 2. The van der Waals surface area contributed by atoms with Crippen LogP contribution in [-0.4, -0.2) is 11.3 Å². The van der Waals surface area contributed by atoms with Gasteiger partial charge in [0.1, 0.15) is 0 Å². The van der Waals surface area contributed by atoms with Crippen LogP contribution in [0.5, 0.6) is 0 Å². The van der Waals surface area contributed by atoms with E-state index in [2.05, 4.69) is 50.4 Å². The summed E-state index contributed by atoms with van der Waals surface area (Å²) < 4.78 is 0. The summed E-state index contributed by atoms with van der Waals surface area (Å²) in [6.45, 7) is 6.33. The van der Waals surface area contributed by atoms with Crippen molar-refractivity contribution >= 4 is 11.5 Å². The molecule has 3 nitrogen and oxygen atoms in total. The average molecular weight is 316 g/mol. The summed E-state index contributed by atoms with van der Waals surface area (Å²) in [5, 5.41) is 12.4. The molecule has 0 spiro atoms. The molecule has 0 radical (unpaired) electrons. The molecule has 1 heterocycles. The maximum Gasteiger partial charge on any atom is 0.187 e. The molecule has 1 aliphatic rings. The smallest absolute Gasteiger partial charge is 0.187 e. The molecule has 1 aliphatic heterocycles. The van der Waals surface area contributed by atoms with Crippen LogP contribution in [0.1, 0.15) is 46.5 Å². The van der Waals surface area contributed by atoms with Crippen LogP contribution in [0.15, 0.2) is 48.5 Å². The lowest BCUT2D eigenvalue weighted by Crippen LogP contribution is -2.43. The molecule has 0 unspecified atom stereocenters. The highest BCUT2D eigenvalue weighted by Gasteiger charge is 2.27. The largest absolute Gasteiger partial charge is 0.379 e. The Morgan fingerprint density at radius 2 is 1.92 bits per heavy atom. The predicted molar refractivity (Wildman–Crippen MR) is 95.6 cm³/mol. The van der Waals surface area contributed by atoms with E-state index < -0.39 is 0 Å². The van der Waals surface area contributed by atoms with Crippen molar-refractivity contribution in [1.29, 1.82) is 5.26 Å². The van der Waals surface area contributed by atoms with Gasteiger partial charge in [0.25, 0.3) is 0 Å². The number of aryl methyl sites for hydroxylation is 1. The number of allylic oxidation sites excluding steroid dienone is 1. The number of fused-ring (bicyclic) bond motifs is 1. The monoisotopic (exact) mass is 316 g/mol. The Morgan fingerprint density at radius 3 is 2.58 bits per heavy atom. The molecule has 0 fully saturated rings. The first-order valence-corrected chi connectivity index (χ1v) is 8.02. The lowest BCUT2D eigenvalue weighted by molar-refractivity contribution is 0.104. The van der Waals surface area contributed by atoms with Crippen molar-refractivity contribution in [3.05, 3.63) is 76.4 Å². The summed E-state index contributed by atoms with van der Waals surface area (Å²) in [6, 6.07) is 15.2. The first-order chi connectivity index (χ1) is 11.4. The Kier molecular flexibility index (Phi) is 3.99. The molecule has 2 aromatic rings. The molecule has 3 heteroatoms. The Balaban J connectivity index is 2.00. The van der Waals surface area contributed by atoms with Gasteiger partial charge in [0.05, 0.1) is 11.6 Å². The van der Waals surface area contributed by atoms with Gasteiger partial charge in [-0.05, 0) is 63.1 Å². The molecule has 0 aliphatic carbocycles. The third-order valence-electron chi connectivity index (χ3n) is 4.23. The molecule has 24 heavy (non-hydrogen) atoms. The first-order valence-electron chi connectivity index (χ1n) is 8.02. The highest BCUT2D eigenvalue weighted by Crippen LogP contribution is 2.30. The molecule has 0 aromatic heterocycles. The number of hydrogen-bond acceptors (Lipinski definition) is 3. The van der Waals surface area contributed by atoms with E-state index in [1.807, 2.05) is 0 Å². The van der Waals surface area contributed by atoms with E-state index >= 15 is 0 Å². The van der Waals surface area contributed by atoms with Crippen molar-refractivity contribution < 1.29 is 4.79 Å². The van der Waals surface area contributed by atoms with E-state index in [9.17, 15) is 4.79 Å². The van der Waals surface area contributed by atoms with Crippen molar-refractivity contribution in [3.63, 3.8) is 0 Å². The van der Waals surface area contributed by atoms with Gasteiger partial charge < -0.3 is 5.32 Å². The van der Waals surface area contributed by atoms with Gasteiger partial charge in [-0.15, -0.1) is 0 Å². The number of ketones is 1. The van der Waals surface area contributed by atoms with Crippen LogP contribution >= 0.6 is 0 Å². The van der Waals surface area contributed by atoms with Crippen LogP contribution in [0.2, 0.25) is 0 Å². The molecule has 1 N–H and O–H groups in total. The summed E-state index contributed by atoms with van der Waals surface area (Å²) >= 11 is 0. The van der Waals surface area contributed by atoms with Gasteiger partial charge in [0.2, 0.25) is 0 Å². The third-order valence-corrected chi connectivity index (χ3v) is 4.23. The molecule has 0 saturated carbocycles. The summed E-state index contributed by atoms with van der Waals surface area (Å²) in [7, 11) is 0. The van der Waals surface area contributed by atoms with Crippen LogP contribution in [0.4, 0.5) is 0 Å². The second-order valence-corrected chi connectivity index (χ2v) is 6.96. The summed E-state index contributed by atoms with van der Waals surface area (Å²) in [4.78, 5) is 12.6. The van der Waals surface area contributed by atoms with E-state index in [1.54, 1.807) is 30.3 Å². The van der Waals surface area contributed by atoms with E-state index in [0.717, 1.165) is 17.7 Å². The highest BCUT2D eigenvalue weighted by molar-refractivity contribution is 6.08. The quantitative estimate of drug-likeness (QED) is 0.672. The SMILES string of the molecule is Cc1ccc2c(c1)/C(=C/C(=O)c1ccc(C#N)cc1)NC(C)(C)C2. The van der Waals surface area contributed by atoms with Crippen LogP contribution < -0.4 is 5.32 Å². The van der Waals surface area contributed by atoms with Crippen LogP contribution in [0.25, 0.3) is 5.70 Å². The van der Waals surface area contributed by atoms with Crippen LogP contribution in [-0.2, 0) is 6.42 Å². The summed E-state index contributed by atoms with van der Waals surface area (Å²) in [6.07, 6.45) is 2.59. The number of nitriles is 1. The zero-order valence-corrected chi connectivity index (χ0v) is 14.2. The fourth-order valence-corrected chi connectivity index (χ4v) is 3.08. The number of carbonyl (C=O) groups is 1. The predicted octanol–water partition coefficient (Wildman–Crippen LogP) is 4.01. The van der Waals surface area contributed by atoms with Crippen LogP contribution in [0.3, 0.4) is 0 Å². The van der Waals surface area contributed by atoms with Gasteiger partial charge in [-0.25, -0.2) is 0 Å². The maximum absolute atomic E-state index is 12.6. The Morgan fingerprint density at radius 1 is 1.21 bits per heavy atom. The highest BCUT2D eigenvalue weighted by atomic mass is 16.1. The zero-order chi connectivity index (χ0) is 17.3. The van der Waals surface area contributed by atoms with Gasteiger partial charge in [0.15, 0.2) is 5.78 Å². The van der Waals surface area contributed by atoms with Crippen molar-refractivity contribution in [1.82, 2.24) is 5.32 Å². The van der Waals surface area contributed by atoms with E-state index in [4.69, 9.17) is 5.26 Å². The van der Waals surface area contributed by atoms with E-state index in [1.165, 1.54) is 11.1 Å². The number of carbonyl (C=O) groups excluding carboxylic acids is 1.